The molecule has 0 unspecified atom stereocenters. The summed E-state index contributed by atoms with van der Waals surface area (Å²) < 4.78 is 29.8. The van der Waals surface area contributed by atoms with Crippen molar-refractivity contribution in [2.75, 3.05) is 27.9 Å². The van der Waals surface area contributed by atoms with Gasteiger partial charge in [0, 0.05) is 29.7 Å². The number of nitrogens with two attached hydrogens (primary N) is 1. The Labute approximate surface area is 166 Å². The lowest BCUT2D eigenvalue weighted by atomic mass is 10.1. The molecule has 2 rings (SSSR count). The molecule has 2 amide bonds. The van der Waals surface area contributed by atoms with Crippen LogP contribution in [0.4, 0.5) is 4.39 Å². The molecule has 7 nitrogen and oxygen atoms in total. The first-order valence-corrected chi connectivity index (χ1v) is 8.51. The molecule has 28 heavy (non-hydrogen) atoms. The van der Waals surface area contributed by atoms with Crippen molar-refractivity contribution in [1.82, 2.24) is 4.90 Å². The Morgan fingerprint density at radius 2 is 1.79 bits per heavy atom. The van der Waals surface area contributed by atoms with Crippen LogP contribution in [0, 0.1) is 5.82 Å². The molecule has 0 fully saturated rings. The highest BCUT2D eigenvalue weighted by Crippen LogP contribution is 2.39. The van der Waals surface area contributed by atoms with Gasteiger partial charge in [-0.25, -0.2) is 4.39 Å². The Morgan fingerprint density at radius 3 is 2.29 bits per heavy atom. The van der Waals surface area contributed by atoms with Crippen molar-refractivity contribution in [3.63, 3.8) is 0 Å². The van der Waals surface area contributed by atoms with Crippen molar-refractivity contribution in [3.05, 3.63) is 52.3 Å². The fourth-order valence-corrected chi connectivity index (χ4v) is 2.72. The van der Waals surface area contributed by atoms with Crippen molar-refractivity contribution in [1.29, 1.82) is 0 Å². The molecule has 0 aliphatic heterocycles. The highest BCUT2D eigenvalue weighted by Gasteiger charge is 2.21. The lowest BCUT2D eigenvalue weighted by molar-refractivity contribution is -0.120. The number of ether oxygens (including phenoxy) is 3. The first-order chi connectivity index (χ1) is 13.3. The molecule has 2 N–H and O–H groups in total. The number of carbonyl (C=O) groups is 2. The fraction of sp³-hybridized carbons (Fsp3) is 0.263. The maximum Gasteiger partial charge on any atom is 0.255 e. The van der Waals surface area contributed by atoms with Crippen molar-refractivity contribution in [3.8, 4) is 17.2 Å². The number of methoxy groups -OCH3 is 2. The third-order valence-electron chi connectivity index (χ3n) is 3.87. The van der Waals surface area contributed by atoms with E-state index in [9.17, 15) is 14.0 Å². The average Bonchev–Trinajstić information content (AvgIpc) is 2.67. The van der Waals surface area contributed by atoms with Crippen molar-refractivity contribution in [2.24, 2.45) is 5.73 Å². The van der Waals surface area contributed by atoms with Gasteiger partial charge >= 0.3 is 0 Å². The minimum absolute atomic E-state index is 0.0328. The molecule has 9 heteroatoms. The van der Waals surface area contributed by atoms with Gasteiger partial charge in [0.1, 0.15) is 5.82 Å². The van der Waals surface area contributed by atoms with Crippen molar-refractivity contribution in [2.45, 2.75) is 6.54 Å². The van der Waals surface area contributed by atoms with Gasteiger partial charge in [-0.2, -0.15) is 0 Å². The zero-order chi connectivity index (χ0) is 20.8. The molecule has 0 saturated carbocycles. The molecule has 0 aliphatic carbocycles. The number of rotatable bonds is 8. The molecule has 2 aromatic rings. The van der Waals surface area contributed by atoms with E-state index in [1.54, 1.807) is 6.07 Å². The van der Waals surface area contributed by atoms with Crippen LogP contribution >= 0.6 is 11.6 Å². The lowest BCUT2D eigenvalue weighted by Crippen LogP contribution is -2.27. The van der Waals surface area contributed by atoms with E-state index in [2.05, 4.69) is 0 Å². The molecule has 0 aromatic heterocycles. The zero-order valence-corrected chi connectivity index (χ0v) is 16.4. The first-order valence-electron chi connectivity index (χ1n) is 8.14. The number of benzene rings is 2. The van der Waals surface area contributed by atoms with E-state index < -0.39 is 17.6 Å². The number of carbonyl (C=O) groups excluding carboxylic acids is 2. The summed E-state index contributed by atoms with van der Waals surface area (Å²) in [6.45, 7) is -0.416. The minimum Gasteiger partial charge on any atom is -0.493 e. The Hall–Kier alpha value is -3.00. The van der Waals surface area contributed by atoms with Gasteiger partial charge in [0.05, 0.1) is 14.2 Å². The van der Waals surface area contributed by atoms with Gasteiger partial charge in [-0.3, -0.25) is 9.59 Å². The zero-order valence-electron chi connectivity index (χ0n) is 15.6. The molecule has 0 bridgehead atoms. The molecule has 0 radical (unpaired) electrons. The molecule has 0 spiro atoms. The van der Waals surface area contributed by atoms with Crippen LogP contribution in [0.15, 0.2) is 30.3 Å². The van der Waals surface area contributed by atoms with Crippen LogP contribution in [0.25, 0.3) is 0 Å². The standard InChI is InChI=1S/C19H20ClFN2O5/c1-23(9-12-13(20)5-4-6-14(12)21)19(25)11-7-15(26-2)18(16(8-11)27-3)28-10-17(22)24/h4-8H,9-10H2,1-3H3,(H2,22,24). The van der Waals surface area contributed by atoms with Crippen LogP contribution < -0.4 is 19.9 Å². The number of hydrogen-bond donors (Lipinski definition) is 1. The highest BCUT2D eigenvalue weighted by atomic mass is 35.5. The second kappa shape index (κ2) is 9.27. The molecular formula is C19H20ClFN2O5. The average molecular weight is 411 g/mol. The summed E-state index contributed by atoms with van der Waals surface area (Å²) in [6.07, 6.45) is 0. The third-order valence-corrected chi connectivity index (χ3v) is 4.22. The summed E-state index contributed by atoms with van der Waals surface area (Å²) in [4.78, 5) is 25.1. The molecule has 0 aliphatic rings. The molecule has 2 aromatic carbocycles. The Bertz CT molecular complexity index is 845. The van der Waals surface area contributed by atoms with Gasteiger partial charge in [0.15, 0.2) is 18.1 Å². The summed E-state index contributed by atoms with van der Waals surface area (Å²) >= 11 is 6.03. The molecular weight excluding hydrogens is 391 g/mol. The Kier molecular flexibility index (Phi) is 7.06. The van der Waals surface area contributed by atoms with Crippen LogP contribution in [0.3, 0.4) is 0 Å². The van der Waals surface area contributed by atoms with Crippen LogP contribution in [0.2, 0.25) is 5.02 Å². The summed E-state index contributed by atoms with van der Waals surface area (Å²) in [5.41, 5.74) is 5.52. The number of nitrogens with zero attached hydrogens (tertiary/aromatic N) is 1. The summed E-state index contributed by atoms with van der Waals surface area (Å²) in [7, 11) is 4.27. The Balaban J connectivity index is 2.32. The van der Waals surface area contributed by atoms with E-state index >= 15 is 0 Å². The van der Waals surface area contributed by atoms with Gasteiger partial charge in [0.2, 0.25) is 5.75 Å². The van der Waals surface area contributed by atoms with Crippen molar-refractivity contribution < 1.29 is 28.2 Å². The maximum absolute atomic E-state index is 14.0. The summed E-state index contributed by atoms with van der Waals surface area (Å²) in [5.74, 6) is -1.09. The van der Waals surface area contributed by atoms with E-state index in [1.807, 2.05) is 0 Å². The van der Waals surface area contributed by atoms with Crippen molar-refractivity contribution >= 4 is 23.4 Å². The highest BCUT2D eigenvalue weighted by molar-refractivity contribution is 6.31. The number of amides is 2. The normalized spacial score (nSPS) is 10.3. The SMILES string of the molecule is COc1cc(C(=O)N(C)Cc2c(F)cccc2Cl)cc(OC)c1OCC(N)=O. The Morgan fingerprint density at radius 1 is 1.18 bits per heavy atom. The fourth-order valence-electron chi connectivity index (χ4n) is 2.50. The van der Waals surface area contributed by atoms with Gasteiger partial charge in [-0.15, -0.1) is 0 Å². The van der Waals surface area contributed by atoms with Crippen LogP contribution in [-0.4, -0.2) is 44.6 Å². The second-order valence-electron chi connectivity index (χ2n) is 5.83. The lowest BCUT2D eigenvalue weighted by Gasteiger charge is -2.20. The van der Waals surface area contributed by atoms with E-state index in [4.69, 9.17) is 31.5 Å². The first kappa shape index (κ1) is 21.3. The predicted molar refractivity (Wildman–Crippen MR) is 101 cm³/mol. The molecule has 0 saturated heterocycles. The van der Waals surface area contributed by atoms with Crippen LogP contribution in [0.1, 0.15) is 15.9 Å². The number of hydrogen-bond acceptors (Lipinski definition) is 5. The minimum atomic E-state index is -0.675. The summed E-state index contributed by atoms with van der Waals surface area (Å²) in [5, 5.41) is 0.227. The van der Waals surface area contributed by atoms with Gasteiger partial charge in [0.25, 0.3) is 11.8 Å². The predicted octanol–water partition coefficient (Wildman–Crippen LogP) is 2.63. The van der Waals surface area contributed by atoms with Gasteiger partial charge in [-0.05, 0) is 24.3 Å². The molecule has 0 atom stereocenters. The smallest absolute Gasteiger partial charge is 0.255 e. The van der Waals surface area contributed by atoms with E-state index in [1.165, 1.54) is 50.4 Å². The quantitative estimate of drug-likeness (QED) is 0.722. The van der Waals surface area contributed by atoms with E-state index in [0.29, 0.717) is 0 Å². The van der Waals surface area contributed by atoms with Gasteiger partial charge < -0.3 is 24.8 Å². The topological polar surface area (TPSA) is 91.1 Å². The van der Waals surface area contributed by atoms with E-state index in [0.717, 1.165) is 0 Å². The van der Waals surface area contributed by atoms with E-state index in [-0.39, 0.29) is 46.5 Å². The maximum atomic E-state index is 14.0. The summed E-state index contributed by atoms with van der Waals surface area (Å²) in [6, 6.07) is 7.18. The van der Waals surface area contributed by atoms with Gasteiger partial charge in [-0.1, -0.05) is 17.7 Å². The number of primary amides is 1. The second-order valence-corrected chi connectivity index (χ2v) is 6.23. The number of halogens is 2. The molecule has 0 heterocycles. The molecule has 150 valence electrons. The third kappa shape index (κ3) is 4.83. The van der Waals surface area contributed by atoms with Crippen LogP contribution in [0.5, 0.6) is 17.2 Å². The van der Waals surface area contributed by atoms with Crippen LogP contribution in [-0.2, 0) is 11.3 Å². The largest absolute Gasteiger partial charge is 0.493 e. The monoisotopic (exact) mass is 410 g/mol.